The topological polar surface area (TPSA) is 75.0 Å². The van der Waals surface area contributed by atoms with Crippen molar-refractivity contribution in [1.82, 2.24) is 9.88 Å². The van der Waals surface area contributed by atoms with Crippen LogP contribution < -0.4 is 0 Å². The first-order valence-electron chi connectivity index (χ1n) is 10.2. The van der Waals surface area contributed by atoms with Crippen LogP contribution in [0.2, 0.25) is 0 Å². The lowest BCUT2D eigenvalue weighted by Gasteiger charge is -2.34. The number of sulfone groups is 1. The fraction of sp³-hybridized carbons (Fsp3) is 0.160. The Labute approximate surface area is 200 Å². The normalized spacial score (nSPS) is 15.5. The number of hydrogen-bond acceptors (Lipinski definition) is 6. The molecule has 3 rings (SSSR count). The third-order valence-electron chi connectivity index (χ3n) is 4.91. The summed E-state index contributed by atoms with van der Waals surface area (Å²) < 4.78 is 24.6. The number of rotatable bonds is 7. The average Bonchev–Trinajstić information content (AvgIpc) is 3.03. The molecule has 0 fully saturated rings. The highest BCUT2D eigenvalue weighted by Crippen LogP contribution is 2.33. The van der Waals surface area contributed by atoms with Gasteiger partial charge in [-0.3, -0.25) is 15.0 Å². The standard InChI is InChI=1S/C25H25ClN4O2S/c1-4-22(18-27-5-2)30(24-13-7-11-21(26)17-29-24)25(20-10-8-14-28-16-20)19-9-6-12-23(15-19)33(3,31)32/h4-16,18,25H,2,17H2,1,3H3/b22-4+,27-18?. The zero-order valence-corrected chi connectivity index (χ0v) is 20.0. The molecule has 2 aromatic rings. The number of aromatic nitrogens is 1. The predicted molar refractivity (Wildman–Crippen MR) is 135 cm³/mol. The Balaban J connectivity index is 2.29. The molecule has 0 saturated heterocycles. The molecule has 0 N–H and O–H groups in total. The highest BCUT2D eigenvalue weighted by Gasteiger charge is 2.28. The van der Waals surface area contributed by atoms with Crippen LogP contribution in [-0.4, -0.2) is 43.2 Å². The lowest BCUT2D eigenvalue weighted by Crippen LogP contribution is -2.35. The summed E-state index contributed by atoms with van der Waals surface area (Å²) in [5, 5.41) is 0.611. The van der Waals surface area contributed by atoms with Gasteiger partial charge in [0.1, 0.15) is 5.84 Å². The van der Waals surface area contributed by atoms with E-state index in [0.29, 0.717) is 17.4 Å². The van der Waals surface area contributed by atoms with Crippen LogP contribution in [0.5, 0.6) is 0 Å². The minimum atomic E-state index is -3.40. The molecule has 1 atom stereocenters. The molecule has 2 heterocycles. The van der Waals surface area contributed by atoms with Gasteiger partial charge in [0.15, 0.2) is 9.84 Å². The van der Waals surface area contributed by atoms with Crippen molar-refractivity contribution in [2.45, 2.75) is 17.9 Å². The number of allylic oxidation sites excluding steroid dienone is 4. The van der Waals surface area contributed by atoms with Crippen LogP contribution in [0.4, 0.5) is 0 Å². The summed E-state index contributed by atoms with van der Waals surface area (Å²) in [6.07, 6.45) is 15.2. The zero-order valence-electron chi connectivity index (χ0n) is 18.5. The fourth-order valence-corrected chi connectivity index (χ4v) is 4.23. The van der Waals surface area contributed by atoms with Gasteiger partial charge in [-0.15, -0.1) is 0 Å². The summed E-state index contributed by atoms with van der Waals surface area (Å²) in [7, 11) is -3.40. The summed E-state index contributed by atoms with van der Waals surface area (Å²) in [6.45, 7) is 5.89. The lowest BCUT2D eigenvalue weighted by atomic mass is 9.97. The molecular formula is C25H25ClN4O2S. The van der Waals surface area contributed by atoms with E-state index in [9.17, 15) is 8.42 Å². The van der Waals surface area contributed by atoms with Crippen LogP contribution in [0.25, 0.3) is 0 Å². The second kappa shape index (κ2) is 11.0. The van der Waals surface area contributed by atoms with Gasteiger partial charge in [-0.2, -0.15) is 0 Å². The Kier molecular flexibility index (Phi) is 8.14. The van der Waals surface area contributed by atoms with Crippen LogP contribution in [0.3, 0.4) is 0 Å². The Hall–Kier alpha value is -3.29. The molecule has 0 bridgehead atoms. The van der Waals surface area contributed by atoms with Gasteiger partial charge < -0.3 is 4.90 Å². The maximum Gasteiger partial charge on any atom is 0.175 e. The minimum absolute atomic E-state index is 0.235. The Morgan fingerprint density at radius 2 is 2.06 bits per heavy atom. The maximum absolute atomic E-state index is 12.3. The largest absolute Gasteiger partial charge is 0.314 e. The van der Waals surface area contributed by atoms with E-state index in [0.717, 1.165) is 16.8 Å². The summed E-state index contributed by atoms with van der Waals surface area (Å²) in [5.41, 5.74) is 2.36. The Morgan fingerprint density at radius 1 is 1.27 bits per heavy atom. The van der Waals surface area contributed by atoms with E-state index in [2.05, 4.69) is 16.6 Å². The number of amidine groups is 1. The van der Waals surface area contributed by atoms with Gasteiger partial charge in [0.25, 0.3) is 0 Å². The quantitative estimate of drug-likeness (QED) is 0.517. The van der Waals surface area contributed by atoms with Gasteiger partial charge in [-0.25, -0.2) is 8.42 Å². The smallest absolute Gasteiger partial charge is 0.175 e. The molecule has 1 unspecified atom stereocenters. The van der Waals surface area contributed by atoms with Crippen LogP contribution in [0, 0.1) is 0 Å². The summed E-state index contributed by atoms with van der Waals surface area (Å²) in [6, 6.07) is 10.3. The first-order valence-corrected chi connectivity index (χ1v) is 12.5. The van der Waals surface area contributed by atoms with E-state index in [1.165, 1.54) is 12.5 Å². The molecule has 0 spiro atoms. The van der Waals surface area contributed by atoms with Gasteiger partial charge in [0, 0.05) is 29.9 Å². The van der Waals surface area contributed by atoms with Gasteiger partial charge in [0.2, 0.25) is 0 Å². The van der Waals surface area contributed by atoms with Gasteiger partial charge in [-0.05, 0) is 48.4 Å². The number of nitrogens with zero attached hydrogens (tertiary/aromatic N) is 4. The molecule has 6 nitrogen and oxygen atoms in total. The van der Waals surface area contributed by atoms with E-state index in [1.807, 2.05) is 48.3 Å². The van der Waals surface area contributed by atoms with Crippen LogP contribution >= 0.6 is 11.6 Å². The van der Waals surface area contributed by atoms with Crippen molar-refractivity contribution in [3.05, 3.63) is 108 Å². The maximum atomic E-state index is 12.3. The first kappa shape index (κ1) is 24.4. The van der Waals surface area contributed by atoms with Crippen molar-refractivity contribution in [2.75, 3.05) is 12.8 Å². The molecule has 33 heavy (non-hydrogen) atoms. The lowest BCUT2D eigenvalue weighted by molar-refractivity contribution is 0.454. The van der Waals surface area contributed by atoms with Crippen LogP contribution in [0.15, 0.2) is 111 Å². The second-order valence-corrected chi connectivity index (χ2v) is 9.73. The average molecular weight is 481 g/mol. The summed E-state index contributed by atoms with van der Waals surface area (Å²) in [4.78, 5) is 15.5. The molecule has 1 aromatic carbocycles. The van der Waals surface area contributed by atoms with E-state index in [-0.39, 0.29) is 4.90 Å². The van der Waals surface area contributed by atoms with E-state index >= 15 is 0 Å². The van der Waals surface area contributed by atoms with E-state index in [1.54, 1.807) is 42.9 Å². The van der Waals surface area contributed by atoms with Crippen molar-refractivity contribution < 1.29 is 8.42 Å². The van der Waals surface area contributed by atoms with Crippen molar-refractivity contribution in [1.29, 1.82) is 0 Å². The zero-order chi connectivity index (χ0) is 23.8. The number of benzene rings is 1. The van der Waals surface area contributed by atoms with E-state index < -0.39 is 15.9 Å². The third kappa shape index (κ3) is 6.15. The minimum Gasteiger partial charge on any atom is -0.314 e. The van der Waals surface area contributed by atoms with Crippen LogP contribution in [0.1, 0.15) is 24.1 Å². The molecule has 8 heteroatoms. The SMILES string of the molecule is C=CN=C/C(=C\C)N(C1=NCC(Cl)=CC=C1)C(c1cccnc1)c1cccc(S(C)(=O)=O)c1. The van der Waals surface area contributed by atoms with Crippen molar-refractivity contribution in [3.8, 4) is 0 Å². The molecule has 0 radical (unpaired) electrons. The summed E-state index contributed by atoms with van der Waals surface area (Å²) >= 11 is 6.23. The number of pyridine rings is 1. The van der Waals surface area contributed by atoms with Gasteiger partial charge in [0.05, 0.1) is 29.4 Å². The first-order chi connectivity index (χ1) is 15.8. The number of halogens is 1. The molecule has 1 aliphatic heterocycles. The highest BCUT2D eigenvalue weighted by atomic mass is 35.5. The third-order valence-corrected chi connectivity index (χ3v) is 6.26. The van der Waals surface area contributed by atoms with Crippen LogP contribution in [-0.2, 0) is 9.84 Å². The highest BCUT2D eigenvalue weighted by molar-refractivity contribution is 7.90. The molecular weight excluding hydrogens is 456 g/mol. The second-order valence-electron chi connectivity index (χ2n) is 7.22. The van der Waals surface area contributed by atoms with Gasteiger partial charge >= 0.3 is 0 Å². The Bertz CT molecular complexity index is 1260. The molecule has 170 valence electrons. The fourth-order valence-electron chi connectivity index (χ4n) is 3.42. The van der Waals surface area contributed by atoms with Crippen molar-refractivity contribution in [2.24, 2.45) is 9.98 Å². The van der Waals surface area contributed by atoms with E-state index in [4.69, 9.17) is 16.6 Å². The number of hydrogen-bond donors (Lipinski definition) is 0. The molecule has 1 aromatic heterocycles. The summed E-state index contributed by atoms with van der Waals surface area (Å²) in [5.74, 6) is 0.643. The molecule has 0 saturated carbocycles. The molecule has 0 amide bonds. The van der Waals surface area contributed by atoms with Crippen molar-refractivity contribution in [3.63, 3.8) is 0 Å². The van der Waals surface area contributed by atoms with Gasteiger partial charge in [-0.1, -0.05) is 48.5 Å². The Morgan fingerprint density at radius 3 is 2.73 bits per heavy atom. The van der Waals surface area contributed by atoms with Crippen molar-refractivity contribution >= 4 is 33.5 Å². The number of aliphatic imine (C=N–C) groups is 2. The molecule has 0 aliphatic carbocycles. The predicted octanol–water partition coefficient (Wildman–Crippen LogP) is 5.09. The molecule has 1 aliphatic rings. The monoisotopic (exact) mass is 480 g/mol.